The first-order chi connectivity index (χ1) is 12.6. The van der Waals surface area contributed by atoms with E-state index in [4.69, 9.17) is 5.73 Å². The lowest BCUT2D eigenvalue weighted by atomic mass is 10.4. The van der Waals surface area contributed by atoms with Gasteiger partial charge in [0.05, 0.1) is 10.8 Å². The largest absolute Gasteiger partial charge is 0.368 e. The van der Waals surface area contributed by atoms with Crippen molar-refractivity contribution in [3.05, 3.63) is 21.6 Å². The Balaban J connectivity index is 0.000000159. The Morgan fingerprint density at radius 3 is 1.93 bits per heavy atom. The highest BCUT2D eigenvalue weighted by atomic mass is 79.9. The maximum absolute atomic E-state index is 11.2. The van der Waals surface area contributed by atoms with E-state index in [-0.39, 0.29) is 11.1 Å². The quantitative estimate of drug-likeness (QED) is 0.367. The molecule has 27 heavy (non-hydrogen) atoms. The molecule has 0 aliphatic carbocycles. The van der Waals surface area contributed by atoms with Crippen LogP contribution in [-0.2, 0) is 23.9 Å². The van der Waals surface area contributed by atoms with Gasteiger partial charge in [0.15, 0.2) is 11.3 Å². The topological polar surface area (TPSA) is 147 Å². The minimum Gasteiger partial charge on any atom is -0.368 e. The van der Waals surface area contributed by atoms with Gasteiger partial charge in [0, 0.05) is 32.7 Å². The Morgan fingerprint density at radius 1 is 0.926 bits per heavy atom. The molecule has 0 spiro atoms. The molecule has 11 nitrogen and oxygen atoms in total. The standard InChI is InChI=1S/C7H7BrN4O2S.C6H6BrN5/c1-12-6-4(5(8)11-12)3-9-7(10-6)15(2,13)14;1-12-5-3(4(7)11-12)2-9-6(8)10-5/h3H,1-2H3;2H,1H3,(H2,8,9,10). The van der Waals surface area contributed by atoms with Gasteiger partial charge in [0.2, 0.25) is 20.9 Å². The van der Waals surface area contributed by atoms with E-state index in [0.717, 1.165) is 21.9 Å². The first-order valence-corrected chi connectivity index (χ1v) is 10.7. The summed E-state index contributed by atoms with van der Waals surface area (Å²) < 4.78 is 26.9. The summed E-state index contributed by atoms with van der Waals surface area (Å²) in [4.78, 5) is 15.6. The molecule has 0 saturated carbocycles. The van der Waals surface area contributed by atoms with Gasteiger partial charge in [-0.3, -0.25) is 0 Å². The highest BCUT2D eigenvalue weighted by Crippen LogP contribution is 2.21. The summed E-state index contributed by atoms with van der Waals surface area (Å²) in [6, 6.07) is 0. The fourth-order valence-corrected chi connectivity index (χ4v) is 3.70. The smallest absolute Gasteiger partial charge is 0.248 e. The summed E-state index contributed by atoms with van der Waals surface area (Å²) in [7, 11) is 0.111. The van der Waals surface area contributed by atoms with Gasteiger partial charge in [-0.1, -0.05) is 0 Å². The number of aromatic nitrogens is 8. The monoisotopic (exact) mass is 517 g/mol. The van der Waals surface area contributed by atoms with Gasteiger partial charge in [0.25, 0.3) is 0 Å². The van der Waals surface area contributed by atoms with E-state index in [9.17, 15) is 8.42 Å². The van der Waals surface area contributed by atoms with Crippen LogP contribution in [0.2, 0.25) is 0 Å². The molecule has 0 fully saturated rings. The Labute approximate surface area is 170 Å². The zero-order chi connectivity index (χ0) is 19.9. The third kappa shape index (κ3) is 3.91. The van der Waals surface area contributed by atoms with Crippen molar-refractivity contribution in [2.75, 3.05) is 12.0 Å². The van der Waals surface area contributed by atoms with E-state index in [1.54, 1.807) is 25.0 Å². The number of halogens is 2. The second kappa shape index (κ2) is 7.09. The van der Waals surface area contributed by atoms with Crippen molar-refractivity contribution in [1.82, 2.24) is 39.5 Å². The van der Waals surface area contributed by atoms with Gasteiger partial charge < -0.3 is 5.73 Å². The van der Waals surface area contributed by atoms with Crippen molar-refractivity contribution in [2.24, 2.45) is 14.1 Å². The van der Waals surface area contributed by atoms with Gasteiger partial charge in [-0.05, 0) is 31.9 Å². The summed E-state index contributed by atoms with van der Waals surface area (Å²) in [5, 5.41) is 9.52. The van der Waals surface area contributed by atoms with Crippen molar-refractivity contribution < 1.29 is 8.42 Å². The van der Waals surface area contributed by atoms with Crippen LogP contribution in [0.5, 0.6) is 0 Å². The number of fused-ring (bicyclic) bond motifs is 2. The van der Waals surface area contributed by atoms with Crippen molar-refractivity contribution in [3.8, 4) is 0 Å². The number of anilines is 1. The van der Waals surface area contributed by atoms with Crippen LogP contribution in [0.1, 0.15) is 0 Å². The van der Waals surface area contributed by atoms with E-state index < -0.39 is 9.84 Å². The second-order valence-corrected chi connectivity index (χ2v) is 8.87. The van der Waals surface area contributed by atoms with E-state index in [2.05, 4.69) is 62.0 Å². The summed E-state index contributed by atoms with van der Waals surface area (Å²) in [6.45, 7) is 0. The van der Waals surface area contributed by atoms with Crippen molar-refractivity contribution in [3.63, 3.8) is 0 Å². The molecule has 0 atom stereocenters. The molecule has 0 bridgehead atoms. The molecule has 0 aromatic carbocycles. The van der Waals surface area contributed by atoms with Crippen LogP contribution >= 0.6 is 31.9 Å². The van der Waals surface area contributed by atoms with Crippen molar-refractivity contribution >= 4 is 69.7 Å². The lowest BCUT2D eigenvalue weighted by Crippen LogP contribution is -2.04. The van der Waals surface area contributed by atoms with Gasteiger partial charge in [-0.15, -0.1) is 0 Å². The molecule has 0 aliphatic rings. The minimum absolute atomic E-state index is 0.189. The maximum atomic E-state index is 11.2. The number of rotatable bonds is 1. The zero-order valence-corrected chi connectivity index (χ0v) is 18.3. The number of hydrogen-bond acceptors (Lipinski definition) is 9. The molecular weight excluding hydrogens is 506 g/mol. The maximum Gasteiger partial charge on any atom is 0.248 e. The lowest BCUT2D eigenvalue weighted by Gasteiger charge is -1.96. The molecule has 0 radical (unpaired) electrons. The third-order valence-electron chi connectivity index (χ3n) is 3.40. The van der Waals surface area contributed by atoms with Crippen LogP contribution < -0.4 is 5.73 Å². The number of nitrogen functional groups attached to an aromatic ring is 1. The van der Waals surface area contributed by atoms with Gasteiger partial charge in [-0.25, -0.2) is 27.7 Å². The molecule has 0 aliphatic heterocycles. The molecule has 142 valence electrons. The normalized spacial score (nSPS) is 11.6. The summed E-state index contributed by atoms with van der Waals surface area (Å²) in [5.74, 6) is 0.262. The van der Waals surface area contributed by atoms with Gasteiger partial charge in [-0.2, -0.15) is 20.2 Å². The Morgan fingerprint density at radius 2 is 1.41 bits per heavy atom. The van der Waals surface area contributed by atoms with Crippen LogP contribution in [0.15, 0.2) is 26.8 Å². The van der Waals surface area contributed by atoms with Crippen LogP contribution in [-0.4, -0.2) is 54.2 Å². The molecule has 4 heterocycles. The molecule has 4 aromatic rings. The van der Waals surface area contributed by atoms with Crippen molar-refractivity contribution in [1.29, 1.82) is 0 Å². The molecule has 4 aromatic heterocycles. The molecular formula is C13H13Br2N9O2S. The summed E-state index contributed by atoms with van der Waals surface area (Å²) in [6.07, 6.45) is 4.16. The van der Waals surface area contributed by atoms with E-state index >= 15 is 0 Å². The van der Waals surface area contributed by atoms with E-state index in [1.807, 2.05) is 0 Å². The molecule has 0 amide bonds. The van der Waals surface area contributed by atoms with Gasteiger partial charge in [0.1, 0.15) is 9.21 Å². The number of sulfone groups is 1. The number of aryl methyl sites for hydroxylation is 2. The fraction of sp³-hybridized carbons (Fsp3) is 0.231. The van der Waals surface area contributed by atoms with Crippen LogP contribution in [0, 0.1) is 0 Å². The number of hydrogen-bond donors (Lipinski definition) is 1. The van der Waals surface area contributed by atoms with E-state index in [0.29, 0.717) is 15.6 Å². The number of nitrogens with zero attached hydrogens (tertiary/aromatic N) is 8. The fourth-order valence-electron chi connectivity index (χ4n) is 2.17. The predicted molar refractivity (Wildman–Crippen MR) is 106 cm³/mol. The molecule has 4 rings (SSSR count). The van der Waals surface area contributed by atoms with Crippen LogP contribution in [0.3, 0.4) is 0 Å². The van der Waals surface area contributed by atoms with Crippen LogP contribution in [0.4, 0.5) is 5.95 Å². The Hall–Kier alpha value is -2.19. The molecule has 14 heteroatoms. The average Bonchev–Trinajstić information content (AvgIpc) is 3.03. The van der Waals surface area contributed by atoms with Gasteiger partial charge >= 0.3 is 0 Å². The SMILES string of the molecule is Cn1nc(Br)c2cnc(N)nc21.Cn1nc(Br)c2cnc(S(C)(=O)=O)nc21. The summed E-state index contributed by atoms with van der Waals surface area (Å²) in [5.41, 5.74) is 6.64. The first-order valence-electron chi connectivity index (χ1n) is 7.24. The highest BCUT2D eigenvalue weighted by Gasteiger charge is 2.15. The molecule has 2 N–H and O–H groups in total. The van der Waals surface area contributed by atoms with Crippen molar-refractivity contribution in [2.45, 2.75) is 5.16 Å². The molecule has 0 saturated heterocycles. The Kier molecular flexibility index (Phi) is 5.14. The third-order valence-corrected chi connectivity index (χ3v) is 5.43. The Bertz CT molecular complexity index is 1270. The van der Waals surface area contributed by atoms with Crippen LogP contribution in [0.25, 0.3) is 22.1 Å². The number of nitrogens with two attached hydrogens (primary N) is 1. The first kappa shape index (κ1) is 19.6. The zero-order valence-electron chi connectivity index (χ0n) is 14.3. The lowest BCUT2D eigenvalue weighted by molar-refractivity contribution is 0.593. The summed E-state index contributed by atoms with van der Waals surface area (Å²) >= 11 is 6.52. The minimum atomic E-state index is -3.38. The average molecular weight is 519 g/mol. The van der Waals surface area contributed by atoms with E-state index in [1.165, 1.54) is 10.9 Å². The highest BCUT2D eigenvalue weighted by molar-refractivity contribution is 9.10. The molecule has 0 unspecified atom stereocenters. The second-order valence-electron chi connectivity index (χ2n) is 5.46. The predicted octanol–water partition coefficient (Wildman–Crippen LogP) is 1.24.